The Bertz CT molecular complexity index is 338. The molecular formula is C12H22ClNO2S. The zero-order chi connectivity index (χ0) is 12.3. The van der Waals surface area contributed by atoms with Gasteiger partial charge in [-0.05, 0) is 38.0 Å². The molecule has 17 heavy (non-hydrogen) atoms. The van der Waals surface area contributed by atoms with Crippen LogP contribution in [0.2, 0.25) is 0 Å². The van der Waals surface area contributed by atoms with Gasteiger partial charge in [0.25, 0.3) is 0 Å². The van der Waals surface area contributed by atoms with Crippen molar-refractivity contribution in [3.8, 4) is 0 Å². The summed E-state index contributed by atoms with van der Waals surface area (Å²) in [5.41, 5.74) is 0. The summed E-state index contributed by atoms with van der Waals surface area (Å²) >= 11 is 6.03. The van der Waals surface area contributed by atoms with Gasteiger partial charge in [-0.1, -0.05) is 19.3 Å². The summed E-state index contributed by atoms with van der Waals surface area (Å²) in [6.45, 7) is 0.585. The molecule has 0 aliphatic heterocycles. The predicted octanol–water partition coefficient (Wildman–Crippen LogP) is 2.65. The topological polar surface area (TPSA) is 46.2 Å². The van der Waals surface area contributed by atoms with Crippen molar-refractivity contribution in [3.63, 3.8) is 0 Å². The first-order valence-electron chi connectivity index (χ1n) is 6.70. The molecule has 2 aliphatic carbocycles. The van der Waals surface area contributed by atoms with Crippen molar-refractivity contribution in [3.05, 3.63) is 0 Å². The summed E-state index contributed by atoms with van der Waals surface area (Å²) in [5.74, 6) is 0.441. The molecular weight excluding hydrogens is 258 g/mol. The summed E-state index contributed by atoms with van der Waals surface area (Å²) in [6, 6.07) is 0. The molecule has 0 aromatic heterocycles. The Hall–Kier alpha value is 0.200. The van der Waals surface area contributed by atoms with E-state index in [0.717, 1.165) is 44.9 Å². The van der Waals surface area contributed by atoms with E-state index in [1.54, 1.807) is 0 Å². The lowest BCUT2D eigenvalue weighted by Crippen LogP contribution is -2.37. The number of hydrogen-bond acceptors (Lipinski definition) is 2. The van der Waals surface area contributed by atoms with Crippen molar-refractivity contribution in [2.75, 3.05) is 6.54 Å². The van der Waals surface area contributed by atoms with Gasteiger partial charge in [0.05, 0.1) is 5.25 Å². The van der Waals surface area contributed by atoms with Crippen LogP contribution in [0.1, 0.15) is 51.4 Å². The number of alkyl halides is 1. The van der Waals surface area contributed by atoms with Crippen molar-refractivity contribution in [1.82, 2.24) is 4.72 Å². The lowest BCUT2D eigenvalue weighted by Gasteiger charge is -2.22. The minimum atomic E-state index is -3.08. The van der Waals surface area contributed by atoms with Gasteiger partial charge in [0.15, 0.2) is 0 Å². The van der Waals surface area contributed by atoms with E-state index in [0.29, 0.717) is 12.5 Å². The van der Waals surface area contributed by atoms with Crippen molar-refractivity contribution >= 4 is 21.6 Å². The highest BCUT2D eigenvalue weighted by Gasteiger charge is 2.29. The molecule has 0 aromatic carbocycles. The summed E-state index contributed by atoms with van der Waals surface area (Å²) < 4.78 is 27.0. The number of halogens is 1. The van der Waals surface area contributed by atoms with Crippen LogP contribution < -0.4 is 4.72 Å². The van der Waals surface area contributed by atoms with Crippen LogP contribution in [-0.2, 0) is 10.0 Å². The molecule has 5 heteroatoms. The zero-order valence-electron chi connectivity index (χ0n) is 10.2. The highest BCUT2D eigenvalue weighted by molar-refractivity contribution is 7.90. The molecule has 0 heterocycles. The van der Waals surface area contributed by atoms with E-state index >= 15 is 0 Å². The molecule has 0 aromatic rings. The van der Waals surface area contributed by atoms with Crippen molar-refractivity contribution in [1.29, 1.82) is 0 Å². The Morgan fingerprint density at radius 1 is 1.06 bits per heavy atom. The normalized spacial score (nSPS) is 31.8. The summed E-state index contributed by atoms with van der Waals surface area (Å²) in [4.78, 5) is 0. The monoisotopic (exact) mass is 279 g/mol. The molecule has 2 rings (SSSR count). The van der Waals surface area contributed by atoms with Crippen molar-refractivity contribution < 1.29 is 8.42 Å². The fraction of sp³-hybridized carbons (Fsp3) is 1.00. The Balaban J connectivity index is 1.80. The van der Waals surface area contributed by atoms with Gasteiger partial charge in [0.1, 0.15) is 0 Å². The van der Waals surface area contributed by atoms with Gasteiger partial charge in [0, 0.05) is 11.9 Å². The molecule has 2 unspecified atom stereocenters. The van der Waals surface area contributed by atoms with Gasteiger partial charge in [0.2, 0.25) is 10.0 Å². The van der Waals surface area contributed by atoms with Crippen molar-refractivity contribution in [2.24, 2.45) is 5.92 Å². The lowest BCUT2D eigenvalue weighted by atomic mass is 10.0. The van der Waals surface area contributed by atoms with Gasteiger partial charge in [-0.2, -0.15) is 0 Å². The molecule has 2 fully saturated rings. The largest absolute Gasteiger partial charge is 0.215 e. The Morgan fingerprint density at radius 3 is 2.35 bits per heavy atom. The van der Waals surface area contributed by atoms with Crippen LogP contribution in [0, 0.1) is 5.92 Å². The first-order valence-corrected chi connectivity index (χ1v) is 8.69. The first-order chi connectivity index (χ1) is 8.08. The second-order valence-corrected chi connectivity index (χ2v) is 8.09. The molecule has 0 spiro atoms. The van der Waals surface area contributed by atoms with Crippen LogP contribution in [0.5, 0.6) is 0 Å². The fourth-order valence-electron chi connectivity index (χ4n) is 2.93. The summed E-state index contributed by atoms with van der Waals surface area (Å²) in [5, 5.41) is 0.101. The van der Waals surface area contributed by atoms with Gasteiger partial charge < -0.3 is 0 Å². The number of hydrogen-bond donors (Lipinski definition) is 1. The van der Waals surface area contributed by atoms with Crippen LogP contribution in [0.4, 0.5) is 0 Å². The van der Waals surface area contributed by atoms with Crippen LogP contribution in [0.15, 0.2) is 0 Å². The maximum atomic E-state index is 12.1. The van der Waals surface area contributed by atoms with E-state index in [9.17, 15) is 8.42 Å². The van der Waals surface area contributed by atoms with E-state index in [-0.39, 0.29) is 10.6 Å². The zero-order valence-corrected chi connectivity index (χ0v) is 11.8. The van der Waals surface area contributed by atoms with Gasteiger partial charge in [-0.25, -0.2) is 13.1 Å². The standard InChI is InChI=1S/C12H22ClNO2S/c13-11-7-6-10(8-11)9-14-17(15,16)12-4-2-1-3-5-12/h10-12,14H,1-9H2. The van der Waals surface area contributed by atoms with Crippen molar-refractivity contribution in [2.45, 2.75) is 62.0 Å². The van der Waals surface area contributed by atoms with Crippen LogP contribution in [0.3, 0.4) is 0 Å². The van der Waals surface area contributed by atoms with Gasteiger partial charge in [-0.15, -0.1) is 11.6 Å². The molecule has 2 aliphatic rings. The molecule has 0 amide bonds. The van der Waals surface area contributed by atoms with Crippen LogP contribution in [0.25, 0.3) is 0 Å². The molecule has 2 atom stereocenters. The first kappa shape index (κ1) is 13.6. The second kappa shape index (κ2) is 5.89. The fourth-order valence-corrected chi connectivity index (χ4v) is 4.96. The van der Waals surface area contributed by atoms with E-state index in [1.165, 1.54) is 6.42 Å². The van der Waals surface area contributed by atoms with E-state index in [1.807, 2.05) is 0 Å². The maximum Gasteiger partial charge on any atom is 0.214 e. The molecule has 0 bridgehead atoms. The van der Waals surface area contributed by atoms with E-state index in [2.05, 4.69) is 4.72 Å². The van der Waals surface area contributed by atoms with E-state index in [4.69, 9.17) is 11.6 Å². The lowest BCUT2D eigenvalue weighted by molar-refractivity contribution is 0.467. The average Bonchev–Trinajstić information content (AvgIpc) is 2.74. The molecule has 100 valence electrons. The minimum Gasteiger partial charge on any atom is -0.215 e. The third-order valence-electron chi connectivity index (χ3n) is 4.04. The third kappa shape index (κ3) is 3.83. The SMILES string of the molecule is O=S(=O)(NCC1CCC(Cl)C1)C1CCCCC1. The van der Waals surface area contributed by atoms with Crippen LogP contribution >= 0.6 is 11.6 Å². The van der Waals surface area contributed by atoms with E-state index < -0.39 is 10.0 Å². The van der Waals surface area contributed by atoms with Gasteiger partial charge >= 0.3 is 0 Å². The third-order valence-corrected chi connectivity index (χ3v) is 6.36. The number of rotatable bonds is 4. The molecule has 0 radical (unpaired) electrons. The summed E-state index contributed by atoms with van der Waals surface area (Å²) in [6.07, 6.45) is 7.99. The highest BCUT2D eigenvalue weighted by Crippen LogP contribution is 2.29. The molecule has 0 saturated heterocycles. The maximum absolute atomic E-state index is 12.1. The highest BCUT2D eigenvalue weighted by atomic mass is 35.5. The minimum absolute atomic E-state index is 0.149. The summed E-state index contributed by atoms with van der Waals surface area (Å²) in [7, 11) is -3.08. The Kier molecular flexibility index (Phi) is 4.72. The van der Waals surface area contributed by atoms with Crippen LogP contribution in [-0.4, -0.2) is 25.6 Å². The molecule has 1 N–H and O–H groups in total. The predicted molar refractivity (Wildman–Crippen MR) is 70.8 cm³/mol. The molecule has 2 saturated carbocycles. The number of nitrogens with one attached hydrogen (secondary N) is 1. The average molecular weight is 280 g/mol. The molecule has 3 nitrogen and oxygen atoms in total. The quantitative estimate of drug-likeness (QED) is 0.804. The number of sulfonamides is 1. The Morgan fingerprint density at radius 2 is 1.76 bits per heavy atom. The van der Waals surface area contributed by atoms with Gasteiger partial charge in [-0.3, -0.25) is 0 Å². The smallest absolute Gasteiger partial charge is 0.214 e. The Labute approximate surface area is 109 Å². The second-order valence-electron chi connectivity index (χ2n) is 5.43.